The van der Waals surface area contributed by atoms with Crippen LogP contribution in [0.4, 0.5) is 0 Å². The molecule has 2 N–H and O–H groups in total. The van der Waals surface area contributed by atoms with Gasteiger partial charge in [0.2, 0.25) is 0 Å². The Hall–Kier alpha value is -1.62. The standard InChI is InChI=1S/C12H19N3O2/c1-3-14(4-2)8-9-15-7-5-6-10(11(13)16)12(15)17/h5-7H,3-4,8-9H2,1-2H3,(H2,13,16). The fraction of sp³-hybridized carbons (Fsp3) is 0.500. The quantitative estimate of drug-likeness (QED) is 0.773. The van der Waals surface area contributed by atoms with E-state index in [9.17, 15) is 9.59 Å². The number of rotatable bonds is 6. The summed E-state index contributed by atoms with van der Waals surface area (Å²) in [6, 6.07) is 3.13. The SMILES string of the molecule is CCN(CC)CCn1cccc(C(N)=O)c1=O. The number of nitrogens with two attached hydrogens (primary N) is 1. The number of hydrogen-bond acceptors (Lipinski definition) is 3. The Morgan fingerprint density at radius 1 is 1.41 bits per heavy atom. The van der Waals surface area contributed by atoms with E-state index in [0.717, 1.165) is 19.6 Å². The third-order valence-corrected chi connectivity index (χ3v) is 2.84. The summed E-state index contributed by atoms with van der Waals surface area (Å²) < 4.78 is 1.53. The Labute approximate surface area is 101 Å². The molecule has 0 atom stereocenters. The fourth-order valence-electron chi connectivity index (χ4n) is 1.69. The minimum Gasteiger partial charge on any atom is -0.365 e. The lowest BCUT2D eigenvalue weighted by Gasteiger charge is -2.18. The van der Waals surface area contributed by atoms with Crippen molar-refractivity contribution in [3.63, 3.8) is 0 Å². The van der Waals surface area contributed by atoms with E-state index in [4.69, 9.17) is 5.73 Å². The Balaban J connectivity index is 2.82. The van der Waals surface area contributed by atoms with E-state index in [1.807, 2.05) is 0 Å². The van der Waals surface area contributed by atoms with Gasteiger partial charge in [-0.05, 0) is 25.2 Å². The van der Waals surface area contributed by atoms with Gasteiger partial charge in [0.25, 0.3) is 11.5 Å². The van der Waals surface area contributed by atoms with Crippen molar-refractivity contribution in [3.8, 4) is 0 Å². The molecule has 5 heteroatoms. The molecule has 0 saturated carbocycles. The van der Waals surface area contributed by atoms with Crippen molar-refractivity contribution >= 4 is 5.91 Å². The Morgan fingerprint density at radius 3 is 2.59 bits per heavy atom. The van der Waals surface area contributed by atoms with Gasteiger partial charge in [-0.15, -0.1) is 0 Å². The summed E-state index contributed by atoms with van der Waals surface area (Å²) in [5.41, 5.74) is 4.86. The van der Waals surface area contributed by atoms with Gasteiger partial charge in [-0.2, -0.15) is 0 Å². The van der Waals surface area contributed by atoms with Crippen LogP contribution in [-0.2, 0) is 6.54 Å². The number of carbonyl (C=O) groups excluding carboxylic acids is 1. The Bertz CT molecular complexity index is 436. The fourth-order valence-corrected chi connectivity index (χ4v) is 1.69. The normalized spacial score (nSPS) is 10.8. The number of hydrogen-bond donors (Lipinski definition) is 1. The summed E-state index contributed by atoms with van der Waals surface area (Å²) >= 11 is 0. The molecule has 0 saturated heterocycles. The lowest BCUT2D eigenvalue weighted by Crippen LogP contribution is -2.33. The molecule has 0 aliphatic carbocycles. The monoisotopic (exact) mass is 237 g/mol. The van der Waals surface area contributed by atoms with Gasteiger partial charge in [0.05, 0.1) is 0 Å². The smallest absolute Gasteiger partial charge is 0.263 e. The van der Waals surface area contributed by atoms with Crippen LogP contribution in [0.1, 0.15) is 24.2 Å². The molecule has 1 amide bonds. The predicted molar refractivity (Wildman–Crippen MR) is 67.0 cm³/mol. The molecule has 1 heterocycles. The van der Waals surface area contributed by atoms with Crippen molar-refractivity contribution in [2.24, 2.45) is 5.73 Å². The van der Waals surface area contributed by atoms with Gasteiger partial charge in [-0.3, -0.25) is 9.59 Å². The molecule has 0 radical (unpaired) electrons. The highest BCUT2D eigenvalue weighted by molar-refractivity contribution is 5.92. The summed E-state index contributed by atoms with van der Waals surface area (Å²) in [5.74, 6) is -0.674. The number of carbonyl (C=O) groups is 1. The molecule has 0 fully saturated rings. The second kappa shape index (κ2) is 6.20. The maximum atomic E-state index is 11.8. The van der Waals surface area contributed by atoms with E-state index in [2.05, 4.69) is 18.7 Å². The average Bonchev–Trinajstić information content (AvgIpc) is 2.32. The first-order valence-electron chi connectivity index (χ1n) is 5.81. The van der Waals surface area contributed by atoms with Crippen LogP contribution < -0.4 is 11.3 Å². The number of nitrogens with zero attached hydrogens (tertiary/aromatic N) is 2. The van der Waals surface area contributed by atoms with E-state index in [0.29, 0.717) is 6.54 Å². The minimum atomic E-state index is -0.674. The third-order valence-electron chi connectivity index (χ3n) is 2.84. The van der Waals surface area contributed by atoms with Crippen LogP contribution in [0.15, 0.2) is 23.1 Å². The molecule has 0 aliphatic heterocycles. The van der Waals surface area contributed by atoms with E-state index in [1.54, 1.807) is 12.3 Å². The van der Waals surface area contributed by atoms with Crippen LogP contribution >= 0.6 is 0 Å². The van der Waals surface area contributed by atoms with Crippen LogP contribution in [0, 0.1) is 0 Å². The van der Waals surface area contributed by atoms with Crippen molar-refractivity contribution in [1.29, 1.82) is 0 Å². The summed E-state index contributed by atoms with van der Waals surface area (Å²) in [6.45, 7) is 7.40. The largest absolute Gasteiger partial charge is 0.365 e. The molecule has 5 nitrogen and oxygen atoms in total. The van der Waals surface area contributed by atoms with Crippen LogP contribution in [0.25, 0.3) is 0 Å². The molecule has 0 aliphatic rings. The van der Waals surface area contributed by atoms with E-state index < -0.39 is 5.91 Å². The van der Waals surface area contributed by atoms with E-state index in [1.165, 1.54) is 10.6 Å². The summed E-state index contributed by atoms with van der Waals surface area (Å²) in [7, 11) is 0. The van der Waals surface area contributed by atoms with Gasteiger partial charge in [0, 0.05) is 19.3 Å². The molecule has 0 aromatic carbocycles. The average molecular weight is 237 g/mol. The number of primary amides is 1. The Kier molecular flexibility index (Phi) is 4.90. The van der Waals surface area contributed by atoms with Gasteiger partial charge in [0.1, 0.15) is 5.56 Å². The van der Waals surface area contributed by atoms with Gasteiger partial charge >= 0.3 is 0 Å². The number of likely N-dealkylation sites (N-methyl/N-ethyl adjacent to an activating group) is 1. The first-order chi connectivity index (χ1) is 8.10. The summed E-state index contributed by atoms with van der Waals surface area (Å²) in [5, 5.41) is 0. The zero-order valence-electron chi connectivity index (χ0n) is 10.3. The van der Waals surface area contributed by atoms with Crippen molar-refractivity contribution in [3.05, 3.63) is 34.2 Å². The zero-order chi connectivity index (χ0) is 12.8. The number of amides is 1. The first kappa shape index (κ1) is 13.4. The van der Waals surface area contributed by atoms with Gasteiger partial charge in [-0.1, -0.05) is 13.8 Å². The highest BCUT2D eigenvalue weighted by Gasteiger charge is 2.08. The highest BCUT2D eigenvalue weighted by Crippen LogP contribution is 1.93. The number of pyridine rings is 1. The van der Waals surface area contributed by atoms with Crippen LogP contribution in [-0.4, -0.2) is 35.0 Å². The lowest BCUT2D eigenvalue weighted by atomic mass is 10.2. The topological polar surface area (TPSA) is 68.3 Å². The van der Waals surface area contributed by atoms with Crippen LogP contribution in [0.5, 0.6) is 0 Å². The number of aromatic nitrogens is 1. The molecule has 1 aromatic heterocycles. The third kappa shape index (κ3) is 3.42. The van der Waals surface area contributed by atoms with Crippen molar-refractivity contribution < 1.29 is 4.79 Å². The maximum Gasteiger partial charge on any atom is 0.263 e. The maximum absolute atomic E-state index is 11.8. The molecule has 1 aromatic rings. The minimum absolute atomic E-state index is 0.0482. The summed E-state index contributed by atoms with van der Waals surface area (Å²) in [6.07, 6.45) is 1.68. The van der Waals surface area contributed by atoms with Crippen molar-refractivity contribution in [2.45, 2.75) is 20.4 Å². The zero-order valence-corrected chi connectivity index (χ0v) is 10.3. The highest BCUT2D eigenvalue weighted by atomic mass is 16.2. The molecule has 17 heavy (non-hydrogen) atoms. The Morgan fingerprint density at radius 2 is 2.06 bits per heavy atom. The molecule has 94 valence electrons. The molecule has 0 spiro atoms. The molecular formula is C12H19N3O2. The first-order valence-corrected chi connectivity index (χ1v) is 5.81. The van der Waals surface area contributed by atoms with Crippen LogP contribution in [0.2, 0.25) is 0 Å². The van der Waals surface area contributed by atoms with Crippen molar-refractivity contribution in [2.75, 3.05) is 19.6 Å². The van der Waals surface area contributed by atoms with Gasteiger partial charge < -0.3 is 15.2 Å². The molecule has 1 rings (SSSR count). The molecular weight excluding hydrogens is 218 g/mol. The van der Waals surface area contributed by atoms with E-state index in [-0.39, 0.29) is 11.1 Å². The van der Waals surface area contributed by atoms with Gasteiger partial charge in [0.15, 0.2) is 0 Å². The van der Waals surface area contributed by atoms with Crippen LogP contribution in [0.3, 0.4) is 0 Å². The van der Waals surface area contributed by atoms with Gasteiger partial charge in [-0.25, -0.2) is 0 Å². The second-order valence-electron chi connectivity index (χ2n) is 3.81. The molecule has 0 bridgehead atoms. The summed E-state index contributed by atoms with van der Waals surface area (Å²) in [4.78, 5) is 25.1. The second-order valence-corrected chi connectivity index (χ2v) is 3.81. The lowest BCUT2D eigenvalue weighted by molar-refractivity contribution is 0.0998. The predicted octanol–water partition coefficient (Wildman–Crippen LogP) is 0.289. The van der Waals surface area contributed by atoms with E-state index >= 15 is 0 Å². The van der Waals surface area contributed by atoms with Crippen molar-refractivity contribution in [1.82, 2.24) is 9.47 Å². The molecule has 0 unspecified atom stereocenters.